The standard InChI is InChI=1S/C19H23NO3/c1-13-8-7-9-14(2)17(13)23-12-15-10-5-6-11-16(15)18(22-4)19(21)20-3/h5-11,18H,12H2,1-4H3,(H,20,21). The maximum Gasteiger partial charge on any atom is 0.253 e. The monoisotopic (exact) mass is 313 g/mol. The lowest BCUT2D eigenvalue weighted by Crippen LogP contribution is -2.27. The number of carbonyl (C=O) groups excluding carboxylic acids is 1. The molecule has 0 fully saturated rings. The number of amides is 1. The van der Waals surface area contributed by atoms with Crippen LogP contribution in [0.25, 0.3) is 0 Å². The highest BCUT2D eigenvalue weighted by molar-refractivity contribution is 5.82. The van der Waals surface area contributed by atoms with E-state index in [1.165, 1.54) is 7.11 Å². The zero-order chi connectivity index (χ0) is 16.8. The largest absolute Gasteiger partial charge is 0.488 e. The fourth-order valence-electron chi connectivity index (χ4n) is 2.60. The molecular formula is C19H23NO3. The summed E-state index contributed by atoms with van der Waals surface area (Å²) in [5.41, 5.74) is 3.94. The summed E-state index contributed by atoms with van der Waals surface area (Å²) < 4.78 is 11.4. The van der Waals surface area contributed by atoms with Crippen LogP contribution in [0.2, 0.25) is 0 Å². The van der Waals surface area contributed by atoms with E-state index in [4.69, 9.17) is 9.47 Å². The van der Waals surface area contributed by atoms with Gasteiger partial charge in [0.25, 0.3) is 5.91 Å². The van der Waals surface area contributed by atoms with Crippen molar-refractivity contribution < 1.29 is 14.3 Å². The van der Waals surface area contributed by atoms with Gasteiger partial charge in [-0.15, -0.1) is 0 Å². The third-order valence-corrected chi connectivity index (χ3v) is 3.84. The summed E-state index contributed by atoms with van der Waals surface area (Å²) in [4.78, 5) is 12.0. The molecule has 0 bridgehead atoms. The number of methoxy groups -OCH3 is 1. The van der Waals surface area contributed by atoms with Crippen molar-refractivity contribution in [3.8, 4) is 5.75 Å². The molecular weight excluding hydrogens is 290 g/mol. The van der Waals surface area contributed by atoms with Crippen molar-refractivity contribution in [3.05, 3.63) is 64.7 Å². The van der Waals surface area contributed by atoms with E-state index in [-0.39, 0.29) is 5.91 Å². The number of rotatable bonds is 6. The van der Waals surface area contributed by atoms with Gasteiger partial charge < -0.3 is 14.8 Å². The van der Waals surface area contributed by atoms with Gasteiger partial charge in [0.2, 0.25) is 0 Å². The van der Waals surface area contributed by atoms with Gasteiger partial charge in [-0.1, -0.05) is 42.5 Å². The molecule has 1 unspecified atom stereocenters. The number of benzene rings is 2. The van der Waals surface area contributed by atoms with Gasteiger partial charge in [-0.05, 0) is 36.1 Å². The molecule has 2 rings (SSSR count). The van der Waals surface area contributed by atoms with Crippen LogP contribution in [-0.2, 0) is 16.1 Å². The minimum atomic E-state index is -0.641. The Labute approximate surface area is 137 Å². The molecule has 0 aliphatic carbocycles. The third-order valence-electron chi connectivity index (χ3n) is 3.84. The van der Waals surface area contributed by atoms with Crippen molar-refractivity contribution in [2.45, 2.75) is 26.6 Å². The van der Waals surface area contributed by atoms with E-state index in [9.17, 15) is 4.79 Å². The molecule has 0 spiro atoms. The first-order valence-electron chi connectivity index (χ1n) is 7.59. The van der Waals surface area contributed by atoms with E-state index in [0.717, 1.165) is 28.0 Å². The van der Waals surface area contributed by atoms with Crippen molar-refractivity contribution in [2.75, 3.05) is 14.2 Å². The van der Waals surface area contributed by atoms with Crippen molar-refractivity contribution in [1.82, 2.24) is 5.32 Å². The number of likely N-dealkylation sites (N-methyl/N-ethyl adjacent to an activating group) is 1. The van der Waals surface area contributed by atoms with Crippen LogP contribution in [0.15, 0.2) is 42.5 Å². The molecule has 4 heteroatoms. The lowest BCUT2D eigenvalue weighted by atomic mass is 10.0. The van der Waals surface area contributed by atoms with Crippen LogP contribution in [0.5, 0.6) is 5.75 Å². The van der Waals surface area contributed by atoms with Crippen molar-refractivity contribution in [2.24, 2.45) is 0 Å². The molecule has 122 valence electrons. The van der Waals surface area contributed by atoms with E-state index >= 15 is 0 Å². The lowest BCUT2D eigenvalue weighted by Gasteiger charge is -2.19. The van der Waals surface area contributed by atoms with Gasteiger partial charge in [-0.2, -0.15) is 0 Å². The molecule has 0 aromatic heterocycles. The average molecular weight is 313 g/mol. The van der Waals surface area contributed by atoms with Gasteiger partial charge >= 0.3 is 0 Å². The Bertz CT molecular complexity index is 662. The first kappa shape index (κ1) is 17.0. The van der Waals surface area contributed by atoms with Crippen LogP contribution in [0.4, 0.5) is 0 Å². The maximum absolute atomic E-state index is 12.0. The lowest BCUT2D eigenvalue weighted by molar-refractivity contribution is -0.130. The number of hydrogen-bond acceptors (Lipinski definition) is 3. The molecule has 0 radical (unpaired) electrons. The SMILES string of the molecule is CNC(=O)C(OC)c1ccccc1COc1c(C)cccc1C. The second-order valence-electron chi connectivity index (χ2n) is 5.44. The Kier molecular flexibility index (Phi) is 5.77. The first-order chi connectivity index (χ1) is 11.1. The number of hydrogen-bond donors (Lipinski definition) is 1. The third kappa shape index (κ3) is 3.90. The van der Waals surface area contributed by atoms with Crippen LogP contribution in [0.3, 0.4) is 0 Å². The molecule has 0 saturated heterocycles. The zero-order valence-corrected chi connectivity index (χ0v) is 14.1. The Morgan fingerprint density at radius 1 is 1.09 bits per heavy atom. The zero-order valence-electron chi connectivity index (χ0n) is 14.1. The molecule has 0 saturated carbocycles. The molecule has 1 N–H and O–H groups in total. The van der Waals surface area contributed by atoms with Crippen LogP contribution in [0.1, 0.15) is 28.4 Å². The number of para-hydroxylation sites is 1. The highest BCUT2D eigenvalue weighted by atomic mass is 16.5. The number of ether oxygens (including phenoxy) is 2. The Hall–Kier alpha value is -2.33. The normalized spacial score (nSPS) is 11.8. The first-order valence-corrected chi connectivity index (χ1v) is 7.59. The average Bonchev–Trinajstić information content (AvgIpc) is 2.56. The minimum absolute atomic E-state index is 0.174. The summed E-state index contributed by atoms with van der Waals surface area (Å²) in [6, 6.07) is 13.7. The van der Waals surface area contributed by atoms with E-state index in [2.05, 4.69) is 5.32 Å². The summed E-state index contributed by atoms with van der Waals surface area (Å²) in [5.74, 6) is 0.711. The Morgan fingerprint density at radius 2 is 1.74 bits per heavy atom. The molecule has 23 heavy (non-hydrogen) atoms. The summed E-state index contributed by atoms with van der Waals surface area (Å²) in [6.45, 7) is 4.44. The highest BCUT2D eigenvalue weighted by Gasteiger charge is 2.21. The number of carbonyl (C=O) groups is 1. The highest BCUT2D eigenvalue weighted by Crippen LogP contribution is 2.26. The quantitative estimate of drug-likeness (QED) is 0.890. The van der Waals surface area contributed by atoms with E-state index in [1.807, 2.05) is 56.3 Å². The second-order valence-corrected chi connectivity index (χ2v) is 5.44. The summed E-state index contributed by atoms with van der Waals surface area (Å²) in [6.07, 6.45) is -0.641. The smallest absolute Gasteiger partial charge is 0.253 e. The van der Waals surface area contributed by atoms with E-state index < -0.39 is 6.10 Å². The van der Waals surface area contributed by atoms with Crippen molar-refractivity contribution in [3.63, 3.8) is 0 Å². The van der Waals surface area contributed by atoms with Crippen LogP contribution in [-0.4, -0.2) is 20.1 Å². The molecule has 1 amide bonds. The van der Waals surface area contributed by atoms with Gasteiger partial charge in [-0.3, -0.25) is 4.79 Å². The minimum Gasteiger partial charge on any atom is -0.488 e. The molecule has 0 heterocycles. The Morgan fingerprint density at radius 3 is 2.35 bits per heavy atom. The molecule has 0 aliphatic rings. The van der Waals surface area contributed by atoms with Gasteiger partial charge in [0.1, 0.15) is 12.4 Å². The van der Waals surface area contributed by atoms with Crippen LogP contribution >= 0.6 is 0 Å². The van der Waals surface area contributed by atoms with Crippen molar-refractivity contribution >= 4 is 5.91 Å². The van der Waals surface area contributed by atoms with Gasteiger partial charge in [-0.25, -0.2) is 0 Å². The maximum atomic E-state index is 12.0. The molecule has 1 atom stereocenters. The summed E-state index contributed by atoms with van der Waals surface area (Å²) in [5, 5.41) is 2.63. The molecule has 2 aromatic carbocycles. The molecule has 0 aliphatic heterocycles. The van der Waals surface area contributed by atoms with E-state index in [0.29, 0.717) is 6.61 Å². The molecule has 4 nitrogen and oxygen atoms in total. The van der Waals surface area contributed by atoms with Crippen LogP contribution < -0.4 is 10.1 Å². The molecule has 2 aromatic rings. The predicted octanol–water partition coefficient (Wildman–Crippen LogP) is 3.32. The van der Waals surface area contributed by atoms with E-state index in [1.54, 1.807) is 7.05 Å². The summed E-state index contributed by atoms with van der Waals surface area (Å²) >= 11 is 0. The predicted molar refractivity (Wildman–Crippen MR) is 90.5 cm³/mol. The number of aryl methyl sites for hydroxylation is 2. The summed E-state index contributed by atoms with van der Waals surface area (Å²) in [7, 11) is 3.13. The van der Waals surface area contributed by atoms with Gasteiger partial charge in [0, 0.05) is 14.2 Å². The fourth-order valence-corrected chi connectivity index (χ4v) is 2.60. The second kappa shape index (κ2) is 7.79. The van der Waals surface area contributed by atoms with Crippen molar-refractivity contribution in [1.29, 1.82) is 0 Å². The van der Waals surface area contributed by atoms with Gasteiger partial charge in [0.15, 0.2) is 6.10 Å². The van der Waals surface area contributed by atoms with Crippen LogP contribution in [0, 0.1) is 13.8 Å². The fraction of sp³-hybridized carbons (Fsp3) is 0.316. The topological polar surface area (TPSA) is 47.6 Å². The van der Waals surface area contributed by atoms with Gasteiger partial charge in [0.05, 0.1) is 0 Å². The number of nitrogens with one attached hydrogen (secondary N) is 1. The Balaban J connectivity index is 2.26.